The van der Waals surface area contributed by atoms with E-state index in [0.29, 0.717) is 19.6 Å². The predicted octanol–water partition coefficient (Wildman–Crippen LogP) is 3.71. The molecule has 1 heterocycles. The van der Waals surface area contributed by atoms with Gasteiger partial charge in [-0.2, -0.15) is 0 Å². The van der Waals surface area contributed by atoms with Gasteiger partial charge in [0.05, 0.1) is 13.2 Å². The molecule has 25 heavy (non-hydrogen) atoms. The van der Waals surface area contributed by atoms with Crippen molar-refractivity contribution in [2.24, 2.45) is 0 Å². The predicted molar refractivity (Wildman–Crippen MR) is 103 cm³/mol. The first kappa shape index (κ1) is 19.7. The number of aliphatic carboxylic acids is 1. The number of fused-ring (bicyclic) bond motifs is 1. The Bertz CT molecular complexity index is 724. The van der Waals surface area contributed by atoms with Crippen LogP contribution in [0.3, 0.4) is 0 Å². The highest BCUT2D eigenvalue weighted by atomic mass is 35.5. The summed E-state index contributed by atoms with van der Waals surface area (Å²) in [5, 5.41) is 12.4. The summed E-state index contributed by atoms with van der Waals surface area (Å²) in [6, 6.07) is 13.9. The molecule has 1 aliphatic rings. The van der Waals surface area contributed by atoms with Crippen molar-refractivity contribution in [3.63, 3.8) is 0 Å². The normalized spacial score (nSPS) is 19.0. The molecule has 0 spiro atoms. The minimum absolute atomic E-state index is 0. The van der Waals surface area contributed by atoms with E-state index in [-0.39, 0.29) is 18.4 Å². The summed E-state index contributed by atoms with van der Waals surface area (Å²) in [7, 11) is 0. The molecule has 4 nitrogen and oxygen atoms in total. The SMILES string of the molecule is CCC(C(=O)O)(c1cccc2ccccc12)C(C)N1CCOCC1.Cl. The number of hydrogen-bond donors (Lipinski definition) is 1. The van der Waals surface area contributed by atoms with Crippen LogP contribution >= 0.6 is 12.4 Å². The van der Waals surface area contributed by atoms with Gasteiger partial charge in [-0.3, -0.25) is 9.69 Å². The number of morpholine rings is 1. The molecule has 1 saturated heterocycles. The molecule has 0 aliphatic carbocycles. The van der Waals surface area contributed by atoms with Crippen LogP contribution in [0, 0.1) is 0 Å². The molecular formula is C20H26ClNO3. The quantitative estimate of drug-likeness (QED) is 0.879. The van der Waals surface area contributed by atoms with E-state index in [4.69, 9.17) is 4.74 Å². The Hall–Kier alpha value is -1.62. The van der Waals surface area contributed by atoms with Crippen LogP contribution in [0.15, 0.2) is 42.5 Å². The molecule has 2 unspecified atom stereocenters. The van der Waals surface area contributed by atoms with Gasteiger partial charge in [0.15, 0.2) is 0 Å². The topological polar surface area (TPSA) is 49.8 Å². The second-order valence-electron chi connectivity index (χ2n) is 6.48. The average molecular weight is 364 g/mol. The Labute approximate surface area is 155 Å². The van der Waals surface area contributed by atoms with Gasteiger partial charge >= 0.3 is 5.97 Å². The molecule has 0 bridgehead atoms. The molecular weight excluding hydrogens is 338 g/mol. The van der Waals surface area contributed by atoms with E-state index in [1.807, 2.05) is 56.3 Å². The average Bonchev–Trinajstić information content (AvgIpc) is 2.63. The Morgan fingerprint density at radius 2 is 1.84 bits per heavy atom. The second-order valence-corrected chi connectivity index (χ2v) is 6.48. The maximum absolute atomic E-state index is 12.5. The summed E-state index contributed by atoms with van der Waals surface area (Å²) in [5.74, 6) is -0.750. The van der Waals surface area contributed by atoms with E-state index in [0.717, 1.165) is 29.4 Å². The van der Waals surface area contributed by atoms with Crippen molar-refractivity contribution in [3.8, 4) is 0 Å². The molecule has 2 atom stereocenters. The molecule has 1 fully saturated rings. The Balaban J connectivity index is 0.00000225. The highest BCUT2D eigenvalue weighted by Gasteiger charge is 2.47. The fraction of sp³-hybridized carbons (Fsp3) is 0.450. The summed E-state index contributed by atoms with van der Waals surface area (Å²) in [4.78, 5) is 14.8. The number of carboxylic acids is 1. The Morgan fingerprint density at radius 1 is 1.20 bits per heavy atom. The fourth-order valence-electron chi connectivity index (χ4n) is 4.05. The van der Waals surface area contributed by atoms with Crippen molar-refractivity contribution in [1.29, 1.82) is 0 Å². The lowest BCUT2D eigenvalue weighted by Crippen LogP contribution is -2.56. The van der Waals surface area contributed by atoms with Crippen molar-refractivity contribution < 1.29 is 14.6 Å². The molecule has 2 aromatic carbocycles. The van der Waals surface area contributed by atoms with Gasteiger partial charge in [-0.15, -0.1) is 12.4 Å². The van der Waals surface area contributed by atoms with E-state index in [1.165, 1.54) is 0 Å². The van der Waals surface area contributed by atoms with Crippen LogP contribution in [-0.4, -0.2) is 48.3 Å². The highest BCUT2D eigenvalue weighted by Crippen LogP contribution is 2.39. The molecule has 0 radical (unpaired) electrons. The molecule has 0 amide bonds. The minimum Gasteiger partial charge on any atom is -0.481 e. The van der Waals surface area contributed by atoms with Crippen molar-refractivity contribution in [2.75, 3.05) is 26.3 Å². The van der Waals surface area contributed by atoms with Crippen LogP contribution in [0.25, 0.3) is 10.8 Å². The van der Waals surface area contributed by atoms with Crippen LogP contribution in [0.4, 0.5) is 0 Å². The zero-order chi connectivity index (χ0) is 17.2. The number of ether oxygens (including phenoxy) is 1. The molecule has 3 rings (SSSR count). The fourth-order valence-corrected chi connectivity index (χ4v) is 4.05. The second kappa shape index (κ2) is 8.17. The summed E-state index contributed by atoms with van der Waals surface area (Å²) < 4.78 is 5.44. The van der Waals surface area contributed by atoms with E-state index in [9.17, 15) is 9.90 Å². The largest absolute Gasteiger partial charge is 0.481 e. The third kappa shape index (κ3) is 3.39. The summed E-state index contributed by atoms with van der Waals surface area (Å²) in [6.07, 6.45) is 0.550. The number of hydrogen-bond acceptors (Lipinski definition) is 3. The van der Waals surface area contributed by atoms with Gasteiger partial charge in [0, 0.05) is 19.1 Å². The maximum atomic E-state index is 12.5. The molecule has 5 heteroatoms. The van der Waals surface area contributed by atoms with E-state index < -0.39 is 11.4 Å². The standard InChI is InChI=1S/C20H25NO3.ClH/c1-3-20(19(22)23,15(2)21-11-13-24-14-12-21)18-10-6-8-16-7-4-5-9-17(16)18;/h4-10,15H,3,11-14H2,1-2H3,(H,22,23);1H. The maximum Gasteiger partial charge on any atom is 0.315 e. The van der Waals surface area contributed by atoms with Gasteiger partial charge in [-0.1, -0.05) is 49.4 Å². The molecule has 2 aromatic rings. The number of nitrogens with zero attached hydrogens (tertiary/aromatic N) is 1. The van der Waals surface area contributed by atoms with Crippen molar-refractivity contribution in [1.82, 2.24) is 4.90 Å². The lowest BCUT2D eigenvalue weighted by atomic mass is 9.70. The van der Waals surface area contributed by atoms with Crippen molar-refractivity contribution in [2.45, 2.75) is 31.7 Å². The van der Waals surface area contributed by atoms with Crippen molar-refractivity contribution in [3.05, 3.63) is 48.0 Å². The zero-order valence-electron chi connectivity index (χ0n) is 14.8. The molecule has 136 valence electrons. The first-order chi connectivity index (χ1) is 11.6. The van der Waals surface area contributed by atoms with Gasteiger partial charge < -0.3 is 9.84 Å². The summed E-state index contributed by atoms with van der Waals surface area (Å²) in [5.41, 5.74) is -0.0207. The number of halogens is 1. The minimum atomic E-state index is -0.932. The monoisotopic (exact) mass is 363 g/mol. The van der Waals surface area contributed by atoms with Gasteiger partial charge in [-0.25, -0.2) is 0 Å². The van der Waals surface area contributed by atoms with Gasteiger partial charge in [-0.05, 0) is 29.7 Å². The molecule has 0 aromatic heterocycles. The number of rotatable bonds is 5. The van der Waals surface area contributed by atoms with Crippen LogP contribution in [-0.2, 0) is 14.9 Å². The van der Waals surface area contributed by atoms with Gasteiger partial charge in [0.2, 0.25) is 0 Å². The first-order valence-corrected chi connectivity index (χ1v) is 8.64. The van der Waals surface area contributed by atoms with Gasteiger partial charge in [0.25, 0.3) is 0 Å². The zero-order valence-corrected chi connectivity index (χ0v) is 15.6. The smallest absolute Gasteiger partial charge is 0.315 e. The molecule has 1 aliphatic heterocycles. The van der Waals surface area contributed by atoms with E-state index in [1.54, 1.807) is 0 Å². The van der Waals surface area contributed by atoms with Crippen LogP contribution < -0.4 is 0 Å². The number of carbonyl (C=O) groups is 1. The van der Waals surface area contributed by atoms with Crippen LogP contribution in [0.2, 0.25) is 0 Å². The van der Waals surface area contributed by atoms with Gasteiger partial charge in [0.1, 0.15) is 5.41 Å². The van der Waals surface area contributed by atoms with Crippen molar-refractivity contribution >= 4 is 29.1 Å². The lowest BCUT2D eigenvalue weighted by Gasteiger charge is -2.43. The van der Waals surface area contributed by atoms with Crippen LogP contribution in [0.5, 0.6) is 0 Å². The van der Waals surface area contributed by atoms with Crippen LogP contribution in [0.1, 0.15) is 25.8 Å². The third-order valence-corrected chi connectivity index (χ3v) is 5.52. The molecule has 0 saturated carbocycles. The third-order valence-electron chi connectivity index (χ3n) is 5.52. The molecule has 1 N–H and O–H groups in total. The lowest BCUT2D eigenvalue weighted by molar-refractivity contribution is -0.148. The van der Waals surface area contributed by atoms with E-state index >= 15 is 0 Å². The number of carboxylic acid groups (broad SMARTS) is 1. The Kier molecular flexibility index (Phi) is 6.44. The number of benzene rings is 2. The van der Waals surface area contributed by atoms with E-state index in [2.05, 4.69) is 4.90 Å². The highest BCUT2D eigenvalue weighted by molar-refractivity contribution is 5.93. The Morgan fingerprint density at radius 3 is 2.48 bits per heavy atom. The summed E-state index contributed by atoms with van der Waals surface area (Å²) in [6.45, 7) is 6.91. The summed E-state index contributed by atoms with van der Waals surface area (Å²) >= 11 is 0. The first-order valence-electron chi connectivity index (χ1n) is 8.64.